The maximum Gasteiger partial charge on any atom is 0.401 e. The zero-order valence-electron chi connectivity index (χ0n) is 15.4. The molecule has 0 spiro atoms. The van der Waals surface area contributed by atoms with Crippen molar-refractivity contribution in [1.82, 2.24) is 34.6 Å². The number of rotatable bonds is 5. The summed E-state index contributed by atoms with van der Waals surface area (Å²) in [6.45, 7) is -0.986. The second-order valence-electron chi connectivity index (χ2n) is 7.10. The molecule has 0 bridgehead atoms. The van der Waals surface area contributed by atoms with Crippen LogP contribution in [0.25, 0.3) is 11.5 Å². The Morgan fingerprint density at radius 2 is 1.90 bits per heavy atom. The summed E-state index contributed by atoms with van der Waals surface area (Å²) in [5.74, 6) is 0.161. The molecule has 1 saturated carbocycles. The molecule has 0 atom stereocenters. The minimum absolute atomic E-state index is 0.0941. The minimum Gasteiger partial charge on any atom is -0.348 e. The predicted octanol–water partition coefficient (Wildman–Crippen LogP) is 2.11. The van der Waals surface area contributed by atoms with Crippen molar-refractivity contribution in [2.45, 2.75) is 43.9 Å². The third kappa shape index (κ3) is 4.56. The van der Waals surface area contributed by atoms with Gasteiger partial charge < -0.3 is 15.0 Å². The van der Waals surface area contributed by atoms with Crippen LogP contribution in [0.2, 0.25) is 0 Å². The van der Waals surface area contributed by atoms with E-state index in [2.05, 4.69) is 25.6 Å². The highest BCUT2D eigenvalue weighted by molar-refractivity contribution is 5.92. The zero-order valence-corrected chi connectivity index (χ0v) is 15.4. The molecule has 1 aliphatic rings. The topological polar surface area (TPSA) is 89.1 Å². The van der Waals surface area contributed by atoms with Crippen LogP contribution >= 0.6 is 0 Å². The van der Waals surface area contributed by atoms with E-state index >= 15 is 0 Å². The molecule has 1 fully saturated rings. The van der Waals surface area contributed by atoms with E-state index in [-0.39, 0.29) is 23.7 Å². The van der Waals surface area contributed by atoms with Crippen molar-refractivity contribution in [1.29, 1.82) is 0 Å². The number of carbonyl (C=O) groups excluding carboxylic acids is 1. The molecular weight excluding hydrogens is 387 g/mol. The average molecular weight is 407 g/mol. The summed E-state index contributed by atoms with van der Waals surface area (Å²) in [4.78, 5) is 25.5. The van der Waals surface area contributed by atoms with E-state index in [0.717, 1.165) is 0 Å². The Morgan fingerprint density at radius 1 is 1.14 bits per heavy atom. The number of alkyl halides is 3. The van der Waals surface area contributed by atoms with Gasteiger partial charge in [-0.05, 0) is 25.7 Å². The number of aromatic nitrogens is 5. The highest BCUT2D eigenvalue weighted by Gasteiger charge is 2.30. The van der Waals surface area contributed by atoms with Gasteiger partial charge >= 0.3 is 6.18 Å². The standard InChI is InChI=1S/C18H20F3N7O/c19-18(20,21)10-24-12-1-3-13(4-2-12)25-17(29)14-9-27-8-6-23-15(27)16(26-14)28-7-5-22-11-28/h5-9,11-13,24H,1-4,10H2,(H,25,29). The van der Waals surface area contributed by atoms with Crippen LogP contribution in [0.1, 0.15) is 36.2 Å². The van der Waals surface area contributed by atoms with Gasteiger partial charge in [0, 0.05) is 43.1 Å². The Morgan fingerprint density at radius 3 is 2.59 bits per heavy atom. The average Bonchev–Trinajstić information content (AvgIpc) is 3.37. The first-order chi connectivity index (χ1) is 13.9. The van der Waals surface area contributed by atoms with Crippen molar-refractivity contribution < 1.29 is 18.0 Å². The number of imidazole rings is 2. The molecule has 8 nitrogen and oxygen atoms in total. The maximum atomic E-state index is 12.7. The molecule has 0 unspecified atom stereocenters. The van der Waals surface area contributed by atoms with Gasteiger partial charge in [0.05, 0.1) is 6.54 Å². The van der Waals surface area contributed by atoms with E-state index in [1.165, 1.54) is 0 Å². The van der Waals surface area contributed by atoms with Crippen molar-refractivity contribution >= 4 is 11.6 Å². The molecule has 0 radical (unpaired) electrons. The number of nitrogens with one attached hydrogen (secondary N) is 2. The molecule has 1 amide bonds. The van der Waals surface area contributed by atoms with Crippen molar-refractivity contribution in [3.63, 3.8) is 0 Å². The van der Waals surface area contributed by atoms with E-state index in [4.69, 9.17) is 0 Å². The van der Waals surface area contributed by atoms with Gasteiger partial charge in [0.15, 0.2) is 11.5 Å². The molecule has 154 valence electrons. The van der Waals surface area contributed by atoms with Gasteiger partial charge in [-0.3, -0.25) is 9.36 Å². The molecule has 0 saturated heterocycles. The van der Waals surface area contributed by atoms with Crippen LogP contribution in [0, 0.1) is 0 Å². The van der Waals surface area contributed by atoms with E-state index in [9.17, 15) is 18.0 Å². The molecule has 11 heteroatoms. The lowest BCUT2D eigenvalue weighted by molar-refractivity contribution is -0.126. The quantitative estimate of drug-likeness (QED) is 0.676. The maximum absolute atomic E-state index is 12.7. The Hall–Kier alpha value is -2.95. The second-order valence-corrected chi connectivity index (χ2v) is 7.10. The summed E-state index contributed by atoms with van der Waals surface area (Å²) in [6, 6.07) is -0.276. The number of nitrogens with zero attached hydrogens (tertiary/aromatic N) is 5. The fraction of sp³-hybridized carbons (Fsp3) is 0.444. The van der Waals surface area contributed by atoms with E-state index in [1.54, 1.807) is 46.3 Å². The molecule has 1 aliphatic carbocycles. The summed E-state index contributed by atoms with van der Waals surface area (Å²) in [5, 5.41) is 5.49. The number of hydrogen-bond acceptors (Lipinski definition) is 5. The van der Waals surface area contributed by atoms with Gasteiger partial charge in [0.2, 0.25) is 0 Å². The first-order valence-electron chi connectivity index (χ1n) is 9.32. The third-order valence-electron chi connectivity index (χ3n) is 4.99. The van der Waals surface area contributed by atoms with Gasteiger partial charge in [-0.2, -0.15) is 13.2 Å². The van der Waals surface area contributed by atoms with Gasteiger partial charge in [-0.15, -0.1) is 0 Å². The lowest BCUT2D eigenvalue weighted by Crippen LogP contribution is -2.44. The van der Waals surface area contributed by atoms with Crippen LogP contribution in [-0.2, 0) is 0 Å². The largest absolute Gasteiger partial charge is 0.401 e. The Balaban J connectivity index is 1.41. The van der Waals surface area contributed by atoms with Gasteiger partial charge in [-0.25, -0.2) is 15.0 Å². The van der Waals surface area contributed by atoms with Gasteiger partial charge in [-0.1, -0.05) is 0 Å². The highest BCUT2D eigenvalue weighted by Crippen LogP contribution is 2.21. The number of hydrogen-bond donors (Lipinski definition) is 2. The third-order valence-corrected chi connectivity index (χ3v) is 4.99. The van der Waals surface area contributed by atoms with E-state index < -0.39 is 12.7 Å². The summed E-state index contributed by atoms with van der Waals surface area (Å²) in [6.07, 6.45) is 8.03. The van der Waals surface area contributed by atoms with Crippen molar-refractivity contribution in [2.75, 3.05) is 6.54 Å². The Labute approximate surface area is 164 Å². The molecule has 3 aromatic heterocycles. The van der Waals surface area contributed by atoms with Gasteiger partial charge in [0.1, 0.15) is 12.0 Å². The van der Waals surface area contributed by atoms with Gasteiger partial charge in [0.25, 0.3) is 5.91 Å². The number of carbonyl (C=O) groups is 1. The molecule has 0 aliphatic heterocycles. The van der Waals surface area contributed by atoms with Crippen LogP contribution in [0.15, 0.2) is 37.3 Å². The van der Waals surface area contributed by atoms with Crippen LogP contribution in [0.3, 0.4) is 0 Å². The Bertz CT molecular complexity index is 975. The van der Waals surface area contributed by atoms with Crippen LogP contribution in [-0.4, -0.2) is 54.6 Å². The summed E-state index contributed by atoms with van der Waals surface area (Å²) >= 11 is 0. The fourth-order valence-electron chi connectivity index (χ4n) is 3.54. The molecule has 0 aromatic carbocycles. The van der Waals surface area contributed by atoms with Crippen LogP contribution in [0.5, 0.6) is 0 Å². The molecule has 29 heavy (non-hydrogen) atoms. The van der Waals surface area contributed by atoms with Crippen molar-refractivity contribution in [3.8, 4) is 5.82 Å². The number of halogens is 3. The SMILES string of the molecule is O=C(NC1CCC(NCC(F)(F)F)CC1)c1cn2ccnc2c(-n2ccnc2)n1. The summed E-state index contributed by atoms with van der Waals surface area (Å²) in [7, 11) is 0. The lowest BCUT2D eigenvalue weighted by Gasteiger charge is -2.30. The normalized spacial score (nSPS) is 20.1. The first kappa shape index (κ1) is 19.4. The van der Waals surface area contributed by atoms with Crippen LogP contribution < -0.4 is 10.6 Å². The molecular formula is C18H20F3N7O. The molecule has 3 heterocycles. The van der Waals surface area contributed by atoms with E-state index in [1.807, 2.05) is 0 Å². The number of amides is 1. The minimum atomic E-state index is -4.21. The number of fused-ring (bicyclic) bond motifs is 1. The fourth-order valence-corrected chi connectivity index (χ4v) is 3.54. The second kappa shape index (κ2) is 7.82. The Kier molecular flexibility index (Phi) is 5.22. The molecule has 4 rings (SSSR count). The first-order valence-corrected chi connectivity index (χ1v) is 9.32. The van der Waals surface area contributed by atoms with E-state index in [0.29, 0.717) is 37.1 Å². The zero-order chi connectivity index (χ0) is 20.4. The molecule has 3 aromatic rings. The van der Waals surface area contributed by atoms with Crippen molar-refractivity contribution in [3.05, 3.63) is 43.0 Å². The summed E-state index contributed by atoms with van der Waals surface area (Å²) in [5.41, 5.74) is 0.826. The molecule has 2 N–H and O–H groups in total. The smallest absolute Gasteiger partial charge is 0.348 e. The lowest BCUT2D eigenvalue weighted by atomic mass is 9.91. The monoisotopic (exact) mass is 407 g/mol. The predicted molar refractivity (Wildman–Crippen MR) is 97.7 cm³/mol. The highest BCUT2D eigenvalue weighted by atomic mass is 19.4. The van der Waals surface area contributed by atoms with Crippen LogP contribution in [0.4, 0.5) is 13.2 Å². The van der Waals surface area contributed by atoms with Crippen molar-refractivity contribution in [2.24, 2.45) is 0 Å². The summed E-state index contributed by atoms with van der Waals surface area (Å²) < 4.78 is 40.4.